The van der Waals surface area contributed by atoms with Crippen molar-refractivity contribution < 1.29 is 4.42 Å². The van der Waals surface area contributed by atoms with Crippen molar-refractivity contribution in [2.45, 2.75) is 44.2 Å². The molecule has 2 aromatic heterocycles. The fraction of sp³-hybridized carbons (Fsp3) is 0.647. The highest BCUT2D eigenvalue weighted by atomic mass is 32.1. The maximum atomic E-state index is 5.78. The third kappa shape index (κ3) is 3.82. The van der Waals surface area contributed by atoms with E-state index in [2.05, 4.69) is 44.6 Å². The van der Waals surface area contributed by atoms with Gasteiger partial charge in [0.05, 0.1) is 6.54 Å². The van der Waals surface area contributed by atoms with E-state index >= 15 is 0 Å². The van der Waals surface area contributed by atoms with E-state index in [1.165, 1.54) is 37.1 Å². The largest absolute Gasteiger partial charge is 0.424 e. The van der Waals surface area contributed by atoms with Crippen LogP contribution in [0, 0.1) is 0 Å². The summed E-state index contributed by atoms with van der Waals surface area (Å²) in [6.45, 7) is 4.27. The number of hydrogen-bond donors (Lipinski definition) is 0. The maximum absolute atomic E-state index is 5.78. The SMILES string of the molecule is CN(Cc1nnc(C2CC2)o1)[C@@H]1CCN(CCc2cccs2)C1. The van der Waals surface area contributed by atoms with Crippen LogP contribution in [0.5, 0.6) is 0 Å². The van der Waals surface area contributed by atoms with Crippen molar-refractivity contribution in [3.63, 3.8) is 0 Å². The van der Waals surface area contributed by atoms with Crippen LogP contribution in [-0.2, 0) is 13.0 Å². The van der Waals surface area contributed by atoms with Gasteiger partial charge in [0.2, 0.25) is 11.8 Å². The standard InChI is InChI=1S/C17H24N4OS/c1-20(12-16-18-19-17(22-16)13-4-5-13)14-6-8-21(11-14)9-7-15-3-2-10-23-15/h2-3,10,13-14H,4-9,11-12H2,1H3/t14-/m1/s1. The number of rotatable bonds is 7. The van der Waals surface area contributed by atoms with E-state index in [1.807, 2.05) is 11.3 Å². The molecule has 0 aromatic carbocycles. The van der Waals surface area contributed by atoms with E-state index in [1.54, 1.807) is 0 Å². The Bertz CT molecular complexity index is 622. The second-order valence-corrected chi connectivity index (χ2v) is 7.83. The van der Waals surface area contributed by atoms with Crippen molar-refractivity contribution in [3.05, 3.63) is 34.2 Å². The van der Waals surface area contributed by atoms with Gasteiger partial charge in [0.25, 0.3) is 0 Å². The van der Waals surface area contributed by atoms with Gasteiger partial charge in [-0.25, -0.2) is 0 Å². The van der Waals surface area contributed by atoms with Crippen LogP contribution >= 0.6 is 11.3 Å². The maximum Gasteiger partial charge on any atom is 0.230 e. The molecule has 1 saturated heterocycles. The van der Waals surface area contributed by atoms with Crippen molar-refractivity contribution in [1.82, 2.24) is 20.0 Å². The van der Waals surface area contributed by atoms with Gasteiger partial charge in [0.1, 0.15) is 0 Å². The van der Waals surface area contributed by atoms with Gasteiger partial charge in [-0.05, 0) is 50.7 Å². The van der Waals surface area contributed by atoms with Crippen LogP contribution in [0.1, 0.15) is 41.8 Å². The molecule has 1 atom stereocenters. The minimum absolute atomic E-state index is 0.542. The first-order valence-corrected chi connectivity index (χ1v) is 9.43. The fourth-order valence-electron chi connectivity index (χ4n) is 3.27. The Hall–Kier alpha value is -1.24. The number of thiophene rings is 1. The van der Waals surface area contributed by atoms with E-state index in [0.717, 1.165) is 31.4 Å². The van der Waals surface area contributed by atoms with Crippen molar-refractivity contribution in [1.29, 1.82) is 0 Å². The van der Waals surface area contributed by atoms with Crippen molar-refractivity contribution in [3.8, 4) is 0 Å². The number of likely N-dealkylation sites (N-methyl/N-ethyl adjacent to an activating group) is 1. The predicted octanol–water partition coefficient (Wildman–Crippen LogP) is 2.76. The molecule has 23 heavy (non-hydrogen) atoms. The van der Waals surface area contributed by atoms with Gasteiger partial charge >= 0.3 is 0 Å². The summed E-state index contributed by atoms with van der Waals surface area (Å²) in [6, 6.07) is 4.97. The summed E-state index contributed by atoms with van der Waals surface area (Å²) in [5, 5.41) is 10.5. The smallest absolute Gasteiger partial charge is 0.230 e. The van der Waals surface area contributed by atoms with E-state index in [9.17, 15) is 0 Å². The number of aromatic nitrogens is 2. The Balaban J connectivity index is 1.24. The Morgan fingerprint density at radius 2 is 2.26 bits per heavy atom. The van der Waals surface area contributed by atoms with Gasteiger partial charge < -0.3 is 9.32 Å². The predicted molar refractivity (Wildman–Crippen MR) is 90.6 cm³/mol. The molecule has 4 rings (SSSR count). The van der Waals surface area contributed by atoms with Crippen LogP contribution in [-0.4, -0.2) is 52.7 Å². The molecular formula is C17H24N4OS. The van der Waals surface area contributed by atoms with Crippen molar-refractivity contribution in [2.75, 3.05) is 26.7 Å². The van der Waals surface area contributed by atoms with Gasteiger partial charge in [-0.15, -0.1) is 21.5 Å². The van der Waals surface area contributed by atoms with Crippen LogP contribution in [0.4, 0.5) is 0 Å². The van der Waals surface area contributed by atoms with E-state index < -0.39 is 0 Å². The monoisotopic (exact) mass is 332 g/mol. The molecule has 0 spiro atoms. The zero-order valence-electron chi connectivity index (χ0n) is 13.6. The Morgan fingerprint density at radius 3 is 3.04 bits per heavy atom. The fourth-order valence-corrected chi connectivity index (χ4v) is 3.96. The second kappa shape index (κ2) is 6.71. The normalized spacial score (nSPS) is 22.3. The molecule has 0 unspecified atom stereocenters. The molecule has 1 aliphatic carbocycles. The zero-order chi connectivity index (χ0) is 15.6. The third-order valence-electron chi connectivity index (χ3n) is 4.92. The average Bonchev–Trinajstić information content (AvgIpc) is 3.00. The number of hydrogen-bond acceptors (Lipinski definition) is 6. The van der Waals surface area contributed by atoms with Crippen LogP contribution < -0.4 is 0 Å². The molecule has 1 aliphatic heterocycles. The molecule has 2 aliphatic rings. The Kier molecular flexibility index (Phi) is 4.46. The second-order valence-electron chi connectivity index (χ2n) is 6.80. The summed E-state index contributed by atoms with van der Waals surface area (Å²) in [5.74, 6) is 2.16. The van der Waals surface area contributed by atoms with E-state index in [-0.39, 0.29) is 0 Å². The lowest BCUT2D eigenvalue weighted by Crippen LogP contribution is -2.34. The lowest BCUT2D eigenvalue weighted by molar-refractivity contribution is 0.206. The van der Waals surface area contributed by atoms with Gasteiger partial charge in [0.15, 0.2) is 0 Å². The third-order valence-corrected chi connectivity index (χ3v) is 5.86. The molecule has 2 fully saturated rings. The summed E-state index contributed by atoms with van der Waals surface area (Å²) >= 11 is 1.86. The summed E-state index contributed by atoms with van der Waals surface area (Å²) in [7, 11) is 2.18. The molecule has 6 heteroatoms. The number of likely N-dealkylation sites (tertiary alicyclic amines) is 1. The first-order valence-electron chi connectivity index (χ1n) is 8.55. The average molecular weight is 332 g/mol. The summed E-state index contributed by atoms with van der Waals surface area (Å²) < 4.78 is 5.78. The highest BCUT2D eigenvalue weighted by Gasteiger charge is 2.30. The van der Waals surface area contributed by atoms with Crippen molar-refractivity contribution >= 4 is 11.3 Å². The first-order chi connectivity index (χ1) is 11.3. The van der Waals surface area contributed by atoms with Gasteiger partial charge in [-0.2, -0.15) is 0 Å². The van der Waals surface area contributed by atoms with Gasteiger partial charge in [-0.1, -0.05) is 6.07 Å². The Morgan fingerprint density at radius 1 is 1.35 bits per heavy atom. The summed E-state index contributed by atoms with van der Waals surface area (Å²) in [4.78, 5) is 6.43. The molecule has 1 saturated carbocycles. The molecule has 124 valence electrons. The lowest BCUT2D eigenvalue weighted by Gasteiger charge is -2.23. The minimum Gasteiger partial charge on any atom is -0.424 e. The minimum atomic E-state index is 0.542. The topological polar surface area (TPSA) is 45.4 Å². The summed E-state index contributed by atoms with van der Waals surface area (Å²) in [5.41, 5.74) is 0. The first kappa shape index (κ1) is 15.3. The highest BCUT2D eigenvalue weighted by Crippen LogP contribution is 2.39. The van der Waals surface area contributed by atoms with E-state index in [4.69, 9.17) is 4.42 Å². The summed E-state index contributed by atoms with van der Waals surface area (Å²) in [6.07, 6.45) is 4.81. The molecule has 0 amide bonds. The molecule has 5 nitrogen and oxygen atoms in total. The molecule has 0 bridgehead atoms. The molecule has 3 heterocycles. The van der Waals surface area contributed by atoms with Crippen LogP contribution in [0.3, 0.4) is 0 Å². The number of nitrogens with zero attached hydrogens (tertiary/aromatic N) is 4. The zero-order valence-corrected chi connectivity index (χ0v) is 14.5. The molecule has 2 aromatic rings. The Labute approximate surface area is 141 Å². The molecule has 0 N–H and O–H groups in total. The van der Waals surface area contributed by atoms with Gasteiger partial charge in [0, 0.05) is 29.9 Å². The highest BCUT2D eigenvalue weighted by molar-refractivity contribution is 7.09. The van der Waals surface area contributed by atoms with Crippen LogP contribution in [0.2, 0.25) is 0 Å². The van der Waals surface area contributed by atoms with Crippen molar-refractivity contribution in [2.24, 2.45) is 0 Å². The molecular weight excluding hydrogens is 308 g/mol. The molecule has 0 radical (unpaired) electrons. The lowest BCUT2D eigenvalue weighted by atomic mass is 10.2. The van der Waals surface area contributed by atoms with E-state index in [0.29, 0.717) is 12.0 Å². The van der Waals surface area contributed by atoms with Crippen LogP contribution in [0.25, 0.3) is 0 Å². The van der Waals surface area contributed by atoms with Gasteiger partial charge in [-0.3, -0.25) is 4.90 Å². The quantitative estimate of drug-likeness (QED) is 0.780. The van der Waals surface area contributed by atoms with Crippen LogP contribution in [0.15, 0.2) is 21.9 Å².